The molecule has 0 aromatic heterocycles. The maximum absolute atomic E-state index is 10.0. The summed E-state index contributed by atoms with van der Waals surface area (Å²) in [5.74, 6) is 0.303. The van der Waals surface area contributed by atoms with Gasteiger partial charge in [0.25, 0.3) is 0 Å². The molecule has 0 saturated heterocycles. The second-order valence-corrected chi connectivity index (χ2v) is 5.32. The van der Waals surface area contributed by atoms with Gasteiger partial charge in [0, 0.05) is 5.41 Å². The van der Waals surface area contributed by atoms with Crippen molar-refractivity contribution in [2.24, 2.45) is 16.7 Å². The summed E-state index contributed by atoms with van der Waals surface area (Å²) in [4.78, 5) is 0. The Hall–Kier alpha value is -0.0800. The minimum absolute atomic E-state index is 0.0909. The Morgan fingerprint density at radius 3 is 2.00 bits per heavy atom. The van der Waals surface area contributed by atoms with E-state index in [9.17, 15) is 10.2 Å². The largest absolute Gasteiger partial charge is 0.392 e. The number of hydrogen-bond donors (Lipinski definition) is 2. The third kappa shape index (κ3) is 0.686. The first kappa shape index (κ1) is 8.52. The molecule has 2 aliphatic carbocycles. The lowest BCUT2D eigenvalue weighted by atomic mass is 9.70. The third-order valence-corrected chi connectivity index (χ3v) is 4.34. The van der Waals surface area contributed by atoms with Crippen molar-refractivity contribution in [1.82, 2.24) is 0 Å². The zero-order valence-corrected chi connectivity index (χ0v) is 8.04. The van der Waals surface area contributed by atoms with E-state index >= 15 is 0 Å². The van der Waals surface area contributed by atoms with E-state index < -0.39 is 0 Å². The second kappa shape index (κ2) is 2.05. The van der Waals surface area contributed by atoms with Crippen LogP contribution in [0.25, 0.3) is 0 Å². The second-order valence-electron chi connectivity index (χ2n) is 5.32. The summed E-state index contributed by atoms with van der Waals surface area (Å²) in [5, 5.41) is 20.0. The van der Waals surface area contributed by atoms with E-state index in [1.165, 1.54) is 0 Å². The van der Waals surface area contributed by atoms with Crippen LogP contribution in [0, 0.1) is 16.7 Å². The van der Waals surface area contributed by atoms with Gasteiger partial charge in [0.05, 0.1) is 12.2 Å². The lowest BCUT2D eigenvalue weighted by molar-refractivity contribution is -0.0441. The molecule has 2 bridgehead atoms. The summed E-state index contributed by atoms with van der Waals surface area (Å²) in [5.41, 5.74) is -0.319. The zero-order chi connectivity index (χ0) is 9.15. The maximum atomic E-state index is 10.0. The molecule has 4 atom stereocenters. The van der Waals surface area contributed by atoms with Crippen molar-refractivity contribution in [2.45, 2.75) is 45.8 Å². The molecule has 12 heavy (non-hydrogen) atoms. The van der Waals surface area contributed by atoms with Crippen LogP contribution in [-0.2, 0) is 0 Å². The van der Waals surface area contributed by atoms with Crippen LogP contribution in [0.2, 0.25) is 0 Å². The van der Waals surface area contributed by atoms with Crippen molar-refractivity contribution < 1.29 is 10.2 Å². The first-order valence-corrected chi connectivity index (χ1v) is 4.77. The number of rotatable bonds is 0. The molecule has 3 unspecified atom stereocenters. The average molecular weight is 170 g/mol. The Morgan fingerprint density at radius 1 is 1.17 bits per heavy atom. The molecule has 2 rings (SSSR count). The number of aliphatic hydroxyl groups excluding tert-OH is 2. The van der Waals surface area contributed by atoms with Crippen molar-refractivity contribution in [3.8, 4) is 0 Å². The molecule has 0 aliphatic heterocycles. The molecule has 2 aliphatic rings. The first-order valence-electron chi connectivity index (χ1n) is 4.77. The highest BCUT2D eigenvalue weighted by atomic mass is 16.3. The van der Waals surface area contributed by atoms with Crippen molar-refractivity contribution in [3.05, 3.63) is 0 Å². The predicted molar refractivity (Wildman–Crippen MR) is 46.6 cm³/mol. The van der Waals surface area contributed by atoms with Crippen LogP contribution in [0.3, 0.4) is 0 Å². The normalized spacial score (nSPS) is 56.2. The van der Waals surface area contributed by atoms with Gasteiger partial charge in [-0.05, 0) is 24.2 Å². The molecule has 0 aromatic carbocycles. The molecule has 0 radical (unpaired) electrons. The molecule has 2 heteroatoms. The monoisotopic (exact) mass is 170 g/mol. The smallest absolute Gasteiger partial charge is 0.0673 e. The summed E-state index contributed by atoms with van der Waals surface area (Å²) >= 11 is 0. The lowest BCUT2D eigenvalue weighted by Gasteiger charge is -2.38. The van der Waals surface area contributed by atoms with Gasteiger partial charge in [-0.2, -0.15) is 0 Å². The van der Waals surface area contributed by atoms with E-state index in [1.807, 2.05) is 6.92 Å². The average Bonchev–Trinajstić information content (AvgIpc) is 2.32. The molecule has 70 valence electrons. The van der Waals surface area contributed by atoms with Gasteiger partial charge in [0.15, 0.2) is 0 Å². The molecule has 0 amide bonds. The van der Waals surface area contributed by atoms with Gasteiger partial charge in [-0.25, -0.2) is 0 Å². The Kier molecular flexibility index (Phi) is 1.45. The summed E-state index contributed by atoms with van der Waals surface area (Å²) in [6.45, 7) is 6.14. The third-order valence-electron chi connectivity index (χ3n) is 4.34. The highest BCUT2D eigenvalue weighted by Gasteiger charge is 2.64. The van der Waals surface area contributed by atoms with Crippen molar-refractivity contribution in [3.63, 3.8) is 0 Å². The van der Waals surface area contributed by atoms with Crippen LogP contribution in [0.15, 0.2) is 0 Å². The van der Waals surface area contributed by atoms with Crippen LogP contribution in [0.5, 0.6) is 0 Å². The van der Waals surface area contributed by atoms with Gasteiger partial charge < -0.3 is 10.2 Å². The van der Waals surface area contributed by atoms with Gasteiger partial charge in [-0.1, -0.05) is 20.8 Å². The van der Waals surface area contributed by atoms with E-state index in [-0.39, 0.29) is 23.0 Å². The molecule has 2 saturated carbocycles. The molecule has 0 heterocycles. The minimum Gasteiger partial charge on any atom is -0.392 e. The Labute approximate surface area is 73.6 Å². The summed E-state index contributed by atoms with van der Waals surface area (Å²) < 4.78 is 0. The molecule has 2 N–H and O–H groups in total. The van der Waals surface area contributed by atoms with Gasteiger partial charge in [0.1, 0.15) is 0 Å². The fourth-order valence-electron chi connectivity index (χ4n) is 3.36. The predicted octanol–water partition coefficient (Wildman–Crippen LogP) is 1.16. The van der Waals surface area contributed by atoms with E-state index in [0.29, 0.717) is 5.92 Å². The van der Waals surface area contributed by atoms with Crippen molar-refractivity contribution in [2.75, 3.05) is 0 Å². The Balaban J connectivity index is 2.41. The quantitative estimate of drug-likeness (QED) is 0.573. The topological polar surface area (TPSA) is 40.5 Å². The zero-order valence-electron chi connectivity index (χ0n) is 8.04. The first-order chi connectivity index (χ1) is 5.40. The number of fused-ring (bicyclic) bond motifs is 2. The lowest BCUT2D eigenvalue weighted by Crippen LogP contribution is -2.40. The van der Waals surface area contributed by atoms with Gasteiger partial charge in [0.2, 0.25) is 0 Å². The van der Waals surface area contributed by atoms with E-state index in [4.69, 9.17) is 0 Å². The Bertz CT molecular complexity index is 208. The van der Waals surface area contributed by atoms with Crippen LogP contribution < -0.4 is 0 Å². The molecule has 2 nitrogen and oxygen atoms in total. The standard InChI is InChI=1S/C10H18O2/c1-9(2)6-4-5-10(3,7(6)11)8(9)12/h6-8,11-12H,4-5H2,1-3H3/t6?,7-,8?,10?/m1/s1. The Morgan fingerprint density at radius 2 is 1.75 bits per heavy atom. The fraction of sp³-hybridized carbons (Fsp3) is 1.00. The molecule has 0 spiro atoms. The molecule has 0 aromatic rings. The van der Waals surface area contributed by atoms with E-state index in [2.05, 4.69) is 13.8 Å². The van der Waals surface area contributed by atoms with E-state index in [0.717, 1.165) is 12.8 Å². The summed E-state index contributed by atoms with van der Waals surface area (Å²) in [6.07, 6.45) is 1.42. The minimum atomic E-state index is -0.334. The summed E-state index contributed by atoms with van der Waals surface area (Å²) in [7, 11) is 0. The van der Waals surface area contributed by atoms with E-state index in [1.54, 1.807) is 0 Å². The van der Waals surface area contributed by atoms with Crippen LogP contribution >= 0.6 is 0 Å². The number of aliphatic hydroxyl groups is 2. The number of hydrogen-bond acceptors (Lipinski definition) is 2. The SMILES string of the molecule is CC1(C)C2CCC(C)(C1O)[C@@H]2O. The van der Waals surface area contributed by atoms with Crippen molar-refractivity contribution in [1.29, 1.82) is 0 Å². The molecule has 2 fully saturated rings. The molecular weight excluding hydrogens is 152 g/mol. The van der Waals surface area contributed by atoms with Crippen LogP contribution in [0.1, 0.15) is 33.6 Å². The summed E-state index contributed by atoms with van der Waals surface area (Å²) in [6, 6.07) is 0. The van der Waals surface area contributed by atoms with Gasteiger partial charge in [-0.3, -0.25) is 0 Å². The maximum Gasteiger partial charge on any atom is 0.0673 e. The van der Waals surface area contributed by atoms with Crippen LogP contribution in [-0.4, -0.2) is 22.4 Å². The fourth-order valence-corrected chi connectivity index (χ4v) is 3.36. The highest BCUT2D eigenvalue weighted by Crippen LogP contribution is 2.62. The van der Waals surface area contributed by atoms with Gasteiger partial charge in [-0.15, -0.1) is 0 Å². The van der Waals surface area contributed by atoms with Gasteiger partial charge >= 0.3 is 0 Å². The van der Waals surface area contributed by atoms with Crippen LogP contribution in [0.4, 0.5) is 0 Å². The molecular formula is C10H18O2. The van der Waals surface area contributed by atoms with Crippen molar-refractivity contribution >= 4 is 0 Å². The highest BCUT2D eigenvalue weighted by molar-refractivity contribution is 5.14.